The minimum atomic E-state index is 0.735. The summed E-state index contributed by atoms with van der Waals surface area (Å²) in [5, 5.41) is 8.26. The average molecular weight is 413 g/mol. The molecule has 0 amide bonds. The highest BCUT2D eigenvalue weighted by molar-refractivity contribution is 7.22. The lowest BCUT2D eigenvalue weighted by atomic mass is 10.1. The van der Waals surface area contributed by atoms with Crippen LogP contribution >= 0.6 is 34.3 Å². The zero-order valence-corrected chi connectivity index (χ0v) is 16.9. The molecule has 1 fully saturated rings. The number of halogens is 1. The zero-order valence-electron chi connectivity index (χ0n) is 14.5. The van der Waals surface area contributed by atoms with Crippen LogP contribution in [0.2, 0.25) is 5.02 Å². The second-order valence-corrected chi connectivity index (χ2v) is 8.85. The van der Waals surface area contributed by atoms with E-state index in [2.05, 4.69) is 44.8 Å². The highest BCUT2D eigenvalue weighted by atomic mass is 35.5. The van der Waals surface area contributed by atoms with Gasteiger partial charge < -0.3 is 10.2 Å². The fourth-order valence-corrected chi connectivity index (χ4v) is 5.30. The van der Waals surface area contributed by atoms with E-state index in [1.807, 2.05) is 18.2 Å². The number of anilines is 3. The van der Waals surface area contributed by atoms with Gasteiger partial charge in [-0.05, 0) is 43.2 Å². The predicted octanol–water partition coefficient (Wildman–Crippen LogP) is 6.42. The first kappa shape index (κ1) is 17.0. The number of benzene rings is 2. The smallest absolute Gasteiger partial charge is 0.188 e. The third kappa shape index (κ3) is 3.52. The number of thiazole rings is 2. The molecule has 1 saturated heterocycles. The summed E-state index contributed by atoms with van der Waals surface area (Å²) in [7, 11) is 0. The Hall–Kier alpha value is -2.15. The van der Waals surface area contributed by atoms with E-state index in [0.29, 0.717) is 0 Å². The van der Waals surface area contributed by atoms with E-state index in [-0.39, 0.29) is 0 Å². The molecule has 3 heterocycles. The van der Waals surface area contributed by atoms with Gasteiger partial charge in [0.2, 0.25) is 0 Å². The summed E-state index contributed by atoms with van der Waals surface area (Å²) in [4.78, 5) is 11.8. The molecule has 0 aliphatic carbocycles. The molecular formula is C20H17ClN4S2. The number of aromatic nitrogens is 2. The highest BCUT2D eigenvalue weighted by Gasteiger charge is 2.16. The largest absolute Gasteiger partial charge is 0.348 e. The first-order valence-electron chi connectivity index (χ1n) is 8.89. The van der Waals surface area contributed by atoms with Crippen molar-refractivity contribution in [2.75, 3.05) is 23.3 Å². The Morgan fingerprint density at radius 1 is 1.00 bits per heavy atom. The van der Waals surface area contributed by atoms with Crippen LogP contribution in [0.5, 0.6) is 0 Å². The quantitative estimate of drug-likeness (QED) is 0.420. The van der Waals surface area contributed by atoms with E-state index in [1.165, 1.54) is 12.8 Å². The Morgan fingerprint density at radius 2 is 1.81 bits per heavy atom. The molecule has 0 atom stereocenters. The molecule has 0 bridgehead atoms. The third-order valence-electron chi connectivity index (χ3n) is 4.65. The monoisotopic (exact) mass is 412 g/mol. The van der Waals surface area contributed by atoms with Crippen molar-refractivity contribution in [2.45, 2.75) is 12.8 Å². The lowest BCUT2D eigenvalue weighted by molar-refractivity contribution is 0.949. The zero-order chi connectivity index (χ0) is 18.2. The van der Waals surface area contributed by atoms with Gasteiger partial charge in [-0.15, -0.1) is 11.3 Å². The number of nitrogens with zero attached hydrogens (tertiary/aromatic N) is 3. The van der Waals surface area contributed by atoms with Crippen LogP contribution in [0.3, 0.4) is 0 Å². The van der Waals surface area contributed by atoms with Crippen molar-refractivity contribution in [3.63, 3.8) is 0 Å². The van der Waals surface area contributed by atoms with Crippen molar-refractivity contribution in [1.82, 2.24) is 9.97 Å². The standard InChI is InChI=1S/C20H17ClN4S2/c21-14-5-8-16-18(11-14)27-19(23-16)22-15-6-3-13(4-7-15)17-12-26-20(24-17)25-9-1-2-10-25/h3-8,11-12H,1-2,9-10H2,(H,22,23). The van der Waals surface area contributed by atoms with Gasteiger partial charge in [-0.25, -0.2) is 9.97 Å². The molecule has 27 heavy (non-hydrogen) atoms. The Labute approximate surface area is 170 Å². The molecule has 0 radical (unpaired) electrons. The predicted molar refractivity (Wildman–Crippen MR) is 117 cm³/mol. The van der Waals surface area contributed by atoms with E-state index in [9.17, 15) is 0 Å². The number of fused-ring (bicyclic) bond motifs is 1. The molecule has 1 aliphatic heterocycles. The SMILES string of the molecule is Clc1ccc2nc(Nc3ccc(-c4csc(N5CCCC5)n4)cc3)sc2c1. The molecule has 0 saturated carbocycles. The molecule has 7 heteroatoms. The summed E-state index contributed by atoms with van der Waals surface area (Å²) >= 11 is 9.39. The number of nitrogens with one attached hydrogen (secondary N) is 1. The second kappa shape index (κ2) is 7.11. The van der Waals surface area contributed by atoms with Gasteiger partial charge in [0.25, 0.3) is 0 Å². The number of hydrogen-bond acceptors (Lipinski definition) is 6. The molecule has 1 N–H and O–H groups in total. The Balaban J connectivity index is 1.33. The number of rotatable bonds is 4. The normalized spacial score (nSPS) is 14.2. The summed E-state index contributed by atoms with van der Waals surface area (Å²) in [6.07, 6.45) is 2.54. The molecule has 1 aliphatic rings. The second-order valence-electron chi connectivity index (χ2n) is 6.54. The highest BCUT2D eigenvalue weighted by Crippen LogP contribution is 2.32. The van der Waals surface area contributed by atoms with Crippen molar-refractivity contribution in [1.29, 1.82) is 0 Å². The van der Waals surface area contributed by atoms with E-state index in [1.54, 1.807) is 22.7 Å². The Morgan fingerprint density at radius 3 is 2.63 bits per heavy atom. The van der Waals surface area contributed by atoms with Crippen molar-refractivity contribution in [2.24, 2.45) is 0 Å². The maximum Gasteiger partial charge on any atom is 0.188 e. The summed E-state index contributed by atoms with van der Waals surface area (Å²) < 4.78 is 1.08. The molecule has 2 aromatic heterocycles. The van der Waals surface area contributed by atoms with Crippen LogP contribution in [0.1, 0.15) is 12.8 Å². The van der Waals surface area contributed by atoms with Crippen LogP contribution in [0.4, 0.5) is 16.0 Å². The van der Waals surface area contributed by atoms with Crippen molar-refractivity contribution in [3.8, 4) is 11.3 Å². The van der Waals surface area contributed by atoms with Crippen LogP contribution in [-0.2, 0) is 0 Å². The topological polar surface area (TPSA) is 41.1 Å². The molecule has 4 nitrogen and oxygen atoms in total. The number of hydrogen-bond donors (Lipinski definition) is 1. The molecule has 4 aromatic rings. The van der Waals surface area contributed by atoms with Crippen LogP contribution < -0.4 is 10.2 Å². The molecule has 5 rings (SSSR count). The summed E-state index contributed by atoms with van der Waals surface area (Å²) in [5.74, 6) is 0. The molecular weight excluding hydrogens is 396 g/mol. The van der Waals surface area contributed by atoms with Gasteiger partial charge in [0.1, 0.15) is 0 Å². The van der Waals surface area contributed by atoms with Gasteiger partial charge in [0, 0.05) is 34.7 Å². The summed E-state index contributed by atoms with van der Waals surface area (Å²) in [6, 6.07) is 14.1. The van der Waals surface area contributed by atoms with Gasteiger partial charge in [0.15, 0.2) is 10.3 Å². The molecule has 2 aromatic carbocycles. The fraction of sp³-hybridized carbons (Fsp3) is 0.200. The van der Waals surface area contributed by atoms with Crippen LogP contribution in [0.25, 0.3) is 21.5 Å². The van der Waals surface area contributed by atoms with Gasteiger partial charge >= 0.3 is 0 Å². The van der Waals surface area contributed by atoms with E-state index < -0.39 is 0 Å². The first-order chi connectivity index (χ1) is 13.2. The lowest BCUT2D eigenvalue weighted by Crippen LogP contribution is -2.17. The van der Waals surface area contributed by atoms with Crippen molar-refractivity contribution in [3.05, 3.63) is 52.9 Å². The Kier molecular flexibility index (Phi) is 4.47. The minimum Gasteiger partial charge on any atom is -0.348 e. The van der Waals surface area contributed by atoms with E-state index >= 15 is 0 Å². The third-order valence-corrected chi connectivity index (χ3v) is 6.72. The summed E-state index contributed by atoms with van der Waals surface area (Å²) in [5.41, 5.74) is 4.15. The van der Waals surface area contributed by atoms with E-state index in [0.717, 1.165) is 55.5 Å². The lowest BCUT2D eigenvalue weighted by Gasteiger charge is -2.12. The molecule has 0 spiro atoms. The summed E-state index contributed by atoms with van der Waals surface area (Å²) in [6.45, 7) is 2.26. The van der Waals surface area contributed by atoms with Crippen LogP contribution in [0, 0.1) is 0 Å². The Bertz CT molecular complexity index is 1080. The van der Waals surface area contributed by atoms with Crippen LogP contribution in [0.15, 0.2) is 47.8 Å². The van der Waals surface area contributed by atoms with Gasteiger partial charge in [-0.1, -0.05) is 35.1 Å². The molecule has 0 unspecified atom stereocenters. The fourth-order valence-electron chi connectivity index (χ4n) is 3.25. The maximum absolute atomic E-state index is 6.06. The first-order valence-corrected chi connectivity index (χ1v) is 11.0. The maximum atomic E-state index is 6.06. The van der Waals surface area contributed by atoms with Gasteiger partial charge in [-0.3, -0.25) is 0 Å². The molecule has 136 valence electrons. The van der Waals surface area contributed by atoms with Crippen LogP contribution in [-0.4, -0.2) is 23.1 Å². The average Bonchev–Trinajstić information content (AvgIpc) is 3.42. The minimum absolute atomic E-state index is 0.735. The van der Waals surface area contributed by atoms with Gasteiger partial charge in [0.05, 0.1) is 15.9 Å². The van der Waals surface area contributed by atoms with Crippen molar-refractivity contribution >= 4 is 60.4 Å². The van der Waals surface area contributed by atoms with E-state index in [4.69, 9.17) is 16.6 Å². The van der Waals surface area contributed by atoms with Gasteiger partial charge in [-0.2, -0.15) is 0 Å². The van der Waals surface area contributed by atoms with Crippen molar-refractivity contribution < 1.29 is 0 Å².